The lowest BCUT2D eigenvalue weighted by Gasteiger charge is -2.58. The zero-order chi connectivity index (χ0) is 29.3. The van der Waals surface area contributed by atoms with Gasteiger partial charge < -0.3 is 9.04 Å². The van der Waals surface area contributed by atoms with Gasteiger partial charge in [-0.2, -0.15) is 13.2 Å². The van der Waals surface area contributed by atoms with Crippen molar-refractivity contribution in [1.29, 1.82) is 0 Å². The van der Waals surface area contributed by atoms with E-state index in [0.717, 1.165) is 17.6 Å². The van der Waals surface area contributed by atoms with E-state index in [0.29, 0.717) is 12.1 Å². The quantitative estimate of drug-likeness (QED) is 0.155. The molecule has 9 heteroatoms. The summed E-state index contributed by atoms with van der Waals surface area (Å²) in [4.78, 5) is 2.75. The normalized spacial score (nSPS) is 23.9. The van der Waals surface area contributed by atoms with Gasteiger partial charge in [0.15, 0.2) is 10.1 Å². The molecule has 3 saturated heterocycles. The molecule has 3 fully saturated rings. The number of benzene rings is 4. The van der Waals surface area contributed by atoms with Crippen molar-refractivity contribution >= 4 is 10.1 Å². The van der Waals surface area contributed by atoms with Crippen molar-refractivity contribution in [2.75, 3.05) is 33.2 Å². The van der Waals surface area contributed by atoms with Gasteiger partial charge in [-0.3, -0.25) is 4.90 Å². The fourth-order valence-electron chi connectivity index (χ4n) is 6.18. The maximum atomic E-state index is 10.7. The first-order chi connectivity index (χ1) is 19.5. The molecule has 0 aliphatic carbocycles. The van der Waals surface area contributed by atoms with Crippen LogP contribution in [-0.2, 0) is 10.1 Å². The van der Waals surface area contributed by atoms with Gasteiger partial charge in [-0.25, -0.2) is 8.42 Å². The van der Waals surface area contributed by atoms with Crippen LogP contribution in [0.3, 0.4) is 0 Å². The first-order valence-electron chi connectivity index (χ1n) is 13.4. The number of quaternary nitrogens is 1. The highest BCUT2D eigenvalue weighted by atomic mass is 32.2. The summed E-state index contributed by atoms with van der Waals surface area (Å²) in [6, 6.07) is 40.8. The Morgan fingerprint density at radius 1 is 0.707 bits per heavy atom. The minimum atomic E-state index is -6.09. The van der Waals surface area contributed by atoms with Gasteiger partial charge in [-0.15, -0.1) is 0 Å². The summed E-state index contributed by atoms with van der Waals surface area (Å²) in [5, 5.41) is 0. The van der Waals surface area contributed by atoms with Crippen LogP contribution in [0.1, 0.15) is 23.2 Å². The largest absolute Gasteiger partial charge is 0.741 e. The number of hydrogen-bond acceptors (Lipinski definition) is 4. The lowest BCUT2D eigenvalue weighted by Crippen LogP contribution is -2.67. The van der Waals surface area contributed by atoms with E-state index >= 15 is 0 Å². The maximum absolute atomic E-state index is 10.7. The number of fused-ring (bicyclic) bond motifs is 3. The molecule has 5 nitrogen and oxygen atoms in total. The van der Waals surface area contributed by atoms with Crippen molar-refractivity contribution in [1.82, 2.24) is 4.90 Å². The molecule has 3 aliphatic heterocycles. The maximum Gasteiger partial charge on any atom is 0.485 e. The Morgan fingerprint density at radius 2 is 1.10 bits per heavy atom. The number of alkyl halides is 3. The first-order valence-corrected chi connectivity index (χ1v) is 14.8. The van der Waals surface area contributed by atoms with Crippen LogP contribution in [0.15, 0.2) is 109 Å². The van der Waals surface area contributed by atoms with Crippen LogP contribution in [0.2, 0.25) is 0 Å². The van der Waals surface area contributed by atoms with Crippen LogP contribution in [0.5, 0.6) is 0 Å². The van der Waals surface area contributed by atoms with Crippen LogP contribution >= 0.6 is 0 Å². The molecular weight excluding hydrogens is 549 g/mol. The average Bonchev–Trinajstić information content (AvgIpc) is 2.97. The molecule has 2 atom stereocenters. The number of piperazine rings is 3. The zero-order valence-electron chi connectivity index (χ0n) is 22.5. The fourth-order valence-corrected chi connectivity index (χ4v) is 6.18. The SMILES string of the molecule is C[N+]12CCN(CC1)[C@@H](c1ccccc1-c1ccccc1)[C@@H]2c1ccccc1-c1ccccc1.O=S(=O)([O-])C(F)(F)F. The molecule has 214 valence electrons. The Balaban J connectivity index is 0.000000372. The van der Waals surface area contributed by atoms with Gasteiger partial charge in [0.1, 0.15) is 6.04 Å². The third-order valence-electron chi connectivity index (χ3n) is 8.17. The van der Waals surface area contributed by atoms with Crippen molar-refractivity contribution in [3.63, 3.8) is 0 Å². The lowest BCUT2D eigenvalue weighted by atomic mass is 9.79. The molecule has 0 amide bonds. The third kappa shape index (κ3) is 5.94. The highest BCUT2D eigenvalue weighted by Gasteiger charge is 2.52. The Morgan fingerprint density at radius 3 is 1.56 bits per heavy atom. The van der Waals surface area contributed by atoms with Crippen LogP contribution in [0.4, 0.5) is 13.2 Å². The molecule has 4 aromatic carbocycles. The number of halogens is 3. The van der Waals surface area contributed by atoms with Gasteiger partial charge in [0, 0.05) is 18.7 Å². The summed E-state index contributed by atoms with van der Waals surface area (Å²) in [6.07, 6.45) is 0. The molecule has 7 rings (SSSR count). The van der Waals surface area contributed by atoms with E-state index in [1.54, 1.807) is 0 Å². The molecule has 3 heterocycles. The van der Waals surface area contributed by atoms with Gasteiger partial charge in [0.2, 0.25) is 0 Å². The second-order valence-corrected chi connectivity index (χ2v) is 12.0. The van der Waals surface area contributed by atoms with E-state index in [1.165, 1.54) is 46.5 Å². The Kier molecular flexibility index (Phi) is 8.07. The Bertz CT molecular complexity index is 1590. The zero-order valence-corrected chi connectivity index (χ0v) is 23.4. The third-order valence-corrected chi connectivity index (χ3v) is 8.74. The predicted molar refractivity (Wildman–Crippen MR) is 152 cm³/mol. The van der Waals surface area contributed by atoms with Gasteiger partial charge in [0.25, 0.3) is 0 Å². The molecule has 0 radical (unpaired) electrons. The van der Waals surface area contributed by atoms with Crippen molar-refractivity contribution < 1.29 is 30.6 Å². The minimum Gasteiger partial charge on any atom is -0.741 e. The standard InChI is InChI=1S/C31H31N2.CHF3O3S/c1-33-22-20-32(21-23-33)30(28-18-10-8-16-26(28)24-12-4-2-5-13-24)31(33)29-19-11-9-17-27(29)25-14-6-3-7-15-25;2-1(3,4)8(5,6)7/h2-19,30-31H,20-23H2,1H3;(H,5,6,7)/q+1;/p-1/t30-,31-;/m0./s1. The molecule has 0 spiro atoms. The highest BCUT2D eigenvalue weighted by Crippen LogP contribution is 2.51. The summed E-state index contributed by atoms with van der Waals surface area (Å²) in [6.45, 7) is 4.73. The average molecular weight is 581 g/mol. The van der Waals surface area contributed by atoms with Crippen molar-refractivity contribution in [2.45, 2.75) is 17.6 Å². The molecule has 3 aliphatic rings. The number of likely N-dealkylation sites (N-methyl/N-ethyl adjacent to an activating group) is 1. The fraction of sp³-hybridized carbons (Fsp3) is 0.250. The molecule has 0 unspecified atom stereocenters. The highest BCUT2D eigenvalue weighted by molar-refractivity contribution is 7.86. The van der Waals surface area contributed by atoms with Crippen LogP contribution < -0.4 is 0 Å². The Hall–Kier alpha value is -3.50. The summed E-state index contributed by atoms with van der Waals surface area (Å²) >= 11 is 0. The number of rotatable bonds is 4. The van der Waals surface area contributed by atoms with Crippen molar-refractivity contribution in [2.24, 2.45) is 0 Å². The summed E-state index contributed by atoms with van der Waals surface area (Å²) in [5.74, 6) is 0. The second kappa shape index (κ2) is 11.4. The lowest BCUT2D eigenvalue weighted by molar-refractivity contribution is -0.958. The molecule has 0 aromatic heterocycles. The van der Waals surface area contributed by atoms with Gasteiger partial charge in [-0.05, 0) is 27.8 Å². The monoisotopic (exact) mass is 580 g/mol. The molecule has 2 bridgehead atoms. The summed E-state index contributed by atoms with van der Waals surface area (Å²) in [5.41, 5.74) is 2.65. The van der Waals surface area contributed by atoms with E-state index in [1.807, 2.05) is 0 Å². The predicted octanol–water partition coefficient (Wildman–Crippen LogP) is 6.63. The van der Waals surface area contributed by atoms with E-state index < -0.39 is 15.6 Å². The van der Waals surface area contributed by atoms with Crippen molar-refractivity contribution in [3.8, 4) is 22.3 Å². The molecule has 4 aromatic rings. The summed E-state index contributed by atoms with van der Waals surface area (Å²) < 4.78 is 60.0. The van der Waals surface area contributed by atoms with Gasteiger partial charge in [-0.1, -0.05) is 109 Å². The summed E-state index contributed by atoms with van der Waals surface area (Å²) in [7, 11) is -3.60. The molecule has 0 saturated carbocycles. The first kappa shape index (κ1) is 29.0. The minimum absolute atomic E-state index is 0.360. The second-order valence-electron chi connectivity index (χ2n) is 10.7. The van der Waals surface area contributed by atoms with Crippen molar-refractivity contribution in [3.05, 3.63) is 120 Å². The molecule has 41 heavy (non-hydrogen) atoms. The molecular formula is C32H31F3N2O3S. The van der Waals surface area contributed by atoms with E-state index in [9.17, 15) is 13.2 Å². The van der Waals surface area contributed by atoms with E-state index in [4.69, 9.17) is 13.0 Å². The van der Waals surface area contributed by atoms with E-state index in [2.05, 4.69) is 121 Å². The van der Waals surface area contributed by atoms with Crippen LogP contribution in [0, 0.1) is 0 Å². The Labute approximate surface area is 238 Å². The smallest absolute Gasteiger partial charge is 0.485 e. The topological polar surface area (TPSA) is 60.4 Å². The van der Waals surface area contributed by atoms with Gasteiger partial charge >= 0.3 is 5.51 Å². The van der Waals surface area contributed by atoms with Crippen LogP contribution in [0.25, 0.3) is 22.3 Å². The van der Waals surface area contributed by atoms with E-state index in [-0.39, 0.29) is 0 Å². The number of nitrogens with zero attached hydrogens (tertiary/aromatic N) is 2. The number of hydrogen-bond donors (Lipinski definition) is 0. The molecule has 0 N–H and O–H groups in total. The van der Waals surface area contributed by atoms with Gasteiger partial charge in [0.05, 0.1) is 26.2 Å². The van der Waals surface area contributed by atoms with Crippen LogP contribution in [-0.4, -0.2) is 61.1 Å².